The van der Waals surface area contributed by atoms with Gasteiger partial charge in [0.15, 0.2) is 0 Å². The second-order valence-corrected chi connectivity index (χ2v) is 9.06. The highest BCUT2D eigenvalue weighted by Crippen LogP contribution is 2.35. The number of fused-ring (bicyclic) bond motifs is 1. The van der Waals surface area contributed by atoms with Gasteiger partial charge in [0.2, 0.25) is 0 Å². The Morgan fingerprint density at radius 1 is 1.19 bits per heavy atom. The molecule has 0 bridgehead atoms. The van der Waals surface area contributed by atoms with Crippen molar-refractivity contribution < 1.29 is 27.2 Å². The van der Waals surface area contributed by atoms with Crippen molar-refractivity contribution in [2.45, 2.75) is 43.6 Å². The minimum atomic E-state index is -4.14. The number of hydrogen-bond donors (Lipinski definition) is 5. The summed E-state index contributed by atoms with van der Waals surface area (Å²) in [5, 5.41) is 31.6. The first kappa shape index (κ1) is 21.8. The van der Waals surface area contributed by atoms with Crippen LogP contribution in [0.15, 0.2) is 30.6 Å². The summed E-state index contributed by atoms with van der Waals surface area (Å²) in [4.78, 5) is 8.35. The van der Waals surface area contributed by atoms with E-state index in [2.05, 4.69) is 24.8 Å². The van der Waals surface area contributed by atoms with E-state index in [9.17, 15) is 23.0 Å². The summed E-state index contributed by atoms with van der Waals surface area (Å²) in [7, 11) is -4.14. The van der Waals surface area contributed by atoms with Crippen molar-refractivity contribution in [1.29, 1.82) is 0 Å². The maximum absolute atomic E-state index is 14.0. The van der Waals surface area contributed by atoms with Crippen LogP contribution in [0.2, 0.25) is 0 Å². The van der Waals surface area contributed by atoms with Gasteiger partial charge in [-0.25, -0.2) is 19.5 Å². The van der Waals surface area contributed by atoms with Crippen LogP contribution in [0.1, 0.15) is 30.0 Å². The van der Waals surface area contributed by atoms with Crippen LogP contribution in [0.4, 0.5) is 16.0 Å². The summed E-state index contributed by atoms with van der Waals surface area (Å²) in [6.07, 6.45) is 0.659. The summed E-state index contributed by atoms with van der Waals surface area (Å²) in [6, 6.07) is 6.04. The second kappa shape index (κ2) is 8.63. The van der Waals surface area contributed by atoms with Crippen molar-refractivity contribution in [3.63, 3.8) is 0 Å². The number of rotatable bonds is 7. The van der Waals surface area contributed by atoms with E-state index in [1.165, 1.54) is 12.4 Å². The van der Waals surface area contributed by atoms with E-state index < -0.39 is 34.5 Å². The normalized spacial score (nSPS) is 27.8. The number of aliphatic hydroxyl groups excluding tert-OH is 2. The summed E-state index contributed by atoms with van der Waals surface area (Å²) in [5.74, 6) is 0.123. The number of nitrogens with two attached hydrogens (primary N) is 1. The molecule has 4 rings (SSSR count). The van der Waals surface area contributed by atoms with Crippen LogP contribution in [-0.2, 0) is 20.9 Å². The molecule has 168 valence electrons. The molecule has 10 nitrogen and oxygen atoms in total. The van der Waals surface area contributed by atoms with Crippen LogP contribution in [0.3, 0.4) is 0 Å². The maximum atomic E-state index is 14.0. The summed E-state index contributed by atoms with van der Waals surface area (Å²) in [6.45, 7) is -0.330. The van der Waals surface area contributed by atoms with E-state index >= 15 is 0 Å². The third kappa shape index (κ3) is 4.93. The monoisotopic (exact) mass is 453 g/mol. The van der Waals surface area contributed by atoms with Gasteiger partial charge in [0.1, 0.15) is 29.9 Å². The van der Waals surface area contributed by atoms with Crippen molar-refractivity contribution in [2.75, 3.05) is 17.2 Å². The number of aromatic nitrogens is 2. The average molecular weight is 453 g/mol. The maximum Gasteiger partial charge on any atom is 0.333 e. The SMILES string of the molecule is NS(=O)(=O)OC[C@H]1C[C@@H](Nc2cc(N[C@H]3CCc4c(F)cccc43)ncn2)C(O)[C@@H]1O. The lowest BCUT2D eigenvalue weighted by molar-refractivity contribution is 0.00778. The Morgan fingerprint density at radius 2 is 1.94 bits per heavy atom. The first-order valence-corrected chi connectivity index (χ1v) is 11.3. The van der Waals surface area contributed by atoms with Gasteiger partial charge in [-0.3, -0.25) is 4.18 Å². The Hall–Kier alpha value is -2.38. The quantitative estimate of drug-likeness (QED) is 0.401. The van der Waals surface area contributed by atoms with E-state index in [-0.39, 0.29) is 24.9 Å². The van der Waals surface area contributed by atoms with E-state index in [1.807, 2.05) is 6.07 Å². The average Bonchev–Trinajstić information content (AvgIpc) is 3.24. The number of halogens is 1. The molecule has 1 unspecified atom stereocenters. The molecule has 0 saturated heterocycles. The standard InChI is InChI=1S/C19H24FN5O5S/c20-13-3-1-2-12-11(13)4-5-14(12)24-16-7-17(23-9-22-16)25-15-6-10(18(26)19(15)27)8-30-31(21,28)29/h1-3,7,9-10,14-15,18-19,26-27H,4-6,8H2,(H2,21,28,29)(H2,22,23,24,25)/t10-,14+,15-,18-,19?/m1/s1. The van der Waals surface area contributed by atoms with Crippen molar-refractivity contribution >= 4 is 21.9 Å². The Balaban J connectivity index is 1.41. The van der Waals surface area contributed by atoms with E-state index in [1.54, 1.807) is 12.1 Å². The van der Waals surface area contributed by atoms with Gasteiger partial charge in [0.25, 0.3) is 0 Å². The van der Waals surface area contributed by atoms with Gasteiger partial charge in [-0.1, -0.05) is 12.1 Å². The van der Waals surface area contributed by atoms with Crippen molar-refractivity contribution in [1.82, 2.24) is 9.97 Å². The minimum absolute atomic E-state index is 0.0768. The predicted octanol–water partition coefficient (Wildman–Crippen LogP) is 0.457. The van der Waals surface area contributed by atoms with Crippen LogP contribution in [-0.4, -0.2) is 53.5 Å². The molecule has 5 atom stereocenters. The third-order valence-corrected chi connectivity index (χ3v) is 6.25. The van der Waals surface area contributed by atoms with Gasteiger partial charge in [0.05, 0.1) is 24.8 Å². The molecule has 31 heavy (non-hydrogen) atoms. The fourth-order valence-electron chi connectivity index (χ4n) is 4.26. The van der Waals surface area contributed by atoms with Crippen LogP contribution in [0.5, 0.6) is 0 Å². The molecule has 1 aromatic heterocycles. The second-order valence-electron chi connectivity index (χ2n) is 7.84. The topological polar surface area (TPSA) is 160 Å². The first-order valence-electron chi connectivity index (χ1n) is 9.87. The van der Waals surface area contributed by atoms with E-state index in [0.717, 1.165) is 12.0 Å². The van der Waals surface area contributed by atoms with Gasteiger partial charge in [-0.2, -0.15) is 8.42 Å². The van der Waals surface area contributed by atoms with E-state index in [4.69, 9.17) is 5.14 Å². The number of nitrogens with zero attached hydrogens (tertiary/aromatic N) is 2. The molecule has 6 N–H and O–H groups in total. The Morgan fingerprint density at radius 3 is 2.68 bits per heavy atom. The molecular weight excluding hydrogens is 429 g/mol. The number of hydrogen-bond acceptors (Lipinski definition) is 9. The third-order valence-electron chi connectivity index (χ3n) is 5.78. The van der Waals surface area contributed by atoms with Crippen LogP contribution in [0, 0.1) is 11.7 Å². The first-order chi connectivity index (χ1) is 14.7. The molecule has 2 aliphatic carbocycles. The highest BCUT2D eigenvalue weighted by molar-refractivity contribution is 7.84. The molecule has 1 heterocycles. The molecule has 2 aromatic rings. The van der Waals surface area contributed by atoms with Crippen LogP contribution in [0.25, 0.3) is 0 Å². The minimum Gasteiger partial charge on any atom is -0.390 e. The molecule has 0 radical (unpaired) electrons. The number of anilines is 2. The van der Waals surface area contributed by atoms with Gasteiger partial charge < -0.3 is 20.8 Å². The Labute approximate surface area is 178 Å². The highest BCUT2D eigenvalue weighted by Gasteiger charge is 2.42. The predicted molar refractivity (Wildman–Crippen MR) is 110 cm³/mol. The molecule has 1 saturated carbocycles. The molecule has 1 aromatic carbocycles. The number of nitrogens with one attached hydrogen (secondary N) is 2. The lowest BCUT2D eigenvalue weighted by Gasteiger charge is -2.19. The molecule has 0 amide bonds. The Kier molecular flexibility index (Phi) is 6.08. The summed E-state index contributed by atoms with van der Waals surface area (Å²) in [5.41, 5.74) is 1.61. The summed E-state index contributed by atoms with van der Waals surface area (Å²) >= 11 is 0. The molecule has 2 aliphatic rings. The Bertz CT molecular complexity index is 1060. The number of benzene rings is 1. The van der Waals surface area contributed by atoms with Gasteiger partial charge in [-0.15, -0.1) is 0 Å². The van der Waals surface area contributed by atoms with Crippen molar-refractivity contribution in [3.05, 3.63) is 47.5 Å². The van der Waals surface area contributed by atoms with Crippen molar-refractivity contribution in [3.8, 4) is 0 Å². The largest absolute Gasteiger partial charge is 0.390 e. The lowest BCUT2D eigenvalue weighted by Crippen LogP contribution is -2.36. The van der Waals surface area contributed by atoms with Crippen molar-refractivity contribution in [2.24, 2.45) is 11.1 Å². The zero-order valence-electron chi connectivity index (χ0n) is 16.5. The molecular formula is C19H24FN5O5S. The molecule has 1 fully saturated rings. The van der Waals surface area contributed by atoms with Crippen LogP contribution >= 0.6 is 0 Å². The molecule has 0 spiro atoms. The zero-order valence-corrected chi connectivity index (χ0v) is 17.3. The van der Waals surface area contributed by atoms with E-state index in [0.29, 0.717) is 23.6 Å². The summed E-state index contributed by atoms with van der Waals surface area (Å²) < 4.78 is 40.5. The van der Waals surface area contributed by atoms with Crippen LogP contribution < -0.4 is 15.8 Å². The molecule has 12 heteroatoms. The lowest BCUT2D eigenvalue weighted by atomic mass is 10.1. The number of aliphatic hydroxyl groups is 2. The fourth-order valence-corrected chi connectivity index (χ4v) is 4.62. The fraction of sp³-hybridized carbons (Fsp3) is 0.474. The zero-order chi connectivity index (χ0) is 22.2. The van der Waals surface area contributed by atoms with Gasteiger partial charge >= 0.3 is 10.3 Å². The highest BCUT2D eigenvalue weighted by atomic mass is 32.2. The van der Waals surface area contributed by atoms with Gasteiger partial charge in [0, 0.05) is 12.0 Å². The smallest absolute Gasteiger partial charge is 0.333 e. The van der Waals surface area contributed by atoms with Gasteiger partial charge in [-0.05, 0) is 36.5 Å². The molecule has 0 aliphatic heterocycles.